The minimum atomic E-state index is 0.722. The molecule has 0 aromatic heterocycles. The SMILES string of the molecule is CC(C)=CC(C)C(C)C(C)C. The van der Waals surface area contributed by atoms with Gasteiger partial charge in [-0.05, 0) is 31.6 Å². The smallest absolute Gasteiger partial charge is 0.0231 e. The molecule has 0 aliphatic rings. The maximum atomic E-state index is 2.37. The molecule has 11 heavy (non-hydrogen) atoms. The van der Waals surface area contributed by atoms with E-state index in [1.165, 1.54) is 5.57 Å². The molecular formula is C11H22. The largest absolute Gasteiger partial charge is 0.0828 e. The maximum absolute atomic E-state index is 2.37. The summed E-state index contributed by atoms with van der Waals surface area (Å²) in [6.45, 7) is 13.6. The van der Waals surface area contributed by atoms with Crippen LogP contribution in [0.25, 0.3) is 0 Å². The molecule has 0 aromatic rings. The minimum absolute atomic E-state index is 0.722. The van der Waals surface area contributed by atoms with E-state index in [4.69, 9.17) is 0 Å². The van der Waals surface area contributed by atoms with E-state index >= 15 is 0 Å². The highest BCUT2D eigenvalue weighted by molar-refractivity contribution is 4.97. The minimum Gasteiger partial charge on any atom is -0.0828 e. The van der Waals surface area contributed by atoms with Gasteiger partial charge in [0.2, 0.25) is 0 Å². The van der Waals surface area contributed by atoms with Crippen molar-refractivity contribution in [2.45, 2.75) is 41.5 Å². The van der Waals surface area contributed by atoms with Gasteiger partial charge in [-0.15, -0.1) is 0 Å². The second-order valence-corrected chi connectivity index (χ2v) is 4.21. The second-order valence-electron chi connectivity index (χ2n) is 4.21. The summed E-state index contributed by atoms with van der Waals surface area (Å²) in [6.07, 6.45) is 2.37. The molecule has 0 aromatic carbocycles. The van der Waals surface area contributed by atoms with Gasteiger partial charge in [-0.2, -0.15) is 0 Å². The van der Waals surface area contributed by atoms with Crippen LogP contribution in [0.4, 0.5) is 0 Å². The molecule has 0 saturated carbocycles. The summed E-state index contributed by atoms with van der Waals surface area (Å²) < 4.78 is 0. The van der Waals surface area contributed by atoms with E-state index in [9.17, 15) is 0 Å². The van der Waals surface area contributed by atoms with Crippen LogP contribution in [0.3, 0.4) is 0 Å². The molecule has 0 nitrogen and oxygen atoms in total. The van der Waals surface area contributed by atoms with Crippen LogP contribution in [0.2, 0.25) is 0 Å². The zero-order valence-electron chi connectivity index (χ0n) is 8.81. The number of allylic oxidation sites excluding steroid dienone is 2. The van der Waals surface area contributed by atoms with Gasteiger partial charge in [0.1, 0.15) is 0 Å². The molecule has 0 heteroatoms. The Balaban J connectivity index is 4.03. The topological polar surface area (TPSA) is 0 Å². The van der Waals surface area contributed by atoms with Crippen LogP contribution in [0.1, 0.15) is 41.5 Å². The summed E-state index contributed by atoms with van der Waals surface area (Å²) in [5, 5.41) is 0. The fraction of sp³-hybridized carbons (Fsp3) is 0.818. The molecule has 0 spiro atoms. The molecule has 0 bridgehead atoms. The Kier molecular flexibility index (Phi) is 4.48. The molecule has 2 atom stereocenters. The third-order valence-corrected chi connectivity index (χ3v) is 2.48. The van der Waals surface area contributed by atoms with Gasteiger partial charge in [-0.3, -0.25) is 0 Å². The summed E-state index contributed by atoms with van der Waals surface area (Å²) in [5.74, 6) is 2.31. The first-order valence-electron chi connectivity index (χ1n) is 4.60. The fourth-order valence-corrected chi connectivity index (χ4v) is 1.28. The van der Waals surface area contributed by atoms with Crippen LogP contribution in [0.5, 0.6) is 0 Å². The van der Waals surface area contributed by atoms with Crippen molar-refractivity contribution in [3.63, 3.8) is 0 Å². The molecule has 0 aliphatic carbocycles. The first-order chi connectivity index (χ1) is 4.95. The van der Waals surface area contributed by atoms with E-state index in [-0.39, 0.29) is 0 Å². The number of rotatable bonds is 3. The van der Waals surface area contributed by atoms with Crippen molar-refractivity contribution in [2.75, 3.05) is 0 Å². The monoisotopic (exact) mass is 154 g/mol. The lowest BCUT2D eigenvalue weighted by Gasteiger charge is -2.20. The highest BCUT2D eigenvalue weighted by Gasteiger charge is 2.12. The lowest BCUT2D eigenvalue weighted by Crippen LogP contribution is -2.12. The van der Waals surface area contributed by atoms with Crippen molar-refractivity contribution in [1.29, 1.82) is 0 Å². The lowest BCUT2D eigenvalue weighted by molar-refractivity contribution is 0.341. The van der Waals surface area contributed by atoms with Gasteiger partial charge >= 0.3 is 0 Å². The predicted molar refractivity (Wildman–Crippen MR) is 52.6 cm³/mol. The third kappa shape index (κ3) is 4.23. The molecule has 0 aliphatic heterocycles. The Bertz CT molecular complexity index is 127. The second kappa shape index (κ2) is 4.58. The molecule has 0 rings (SSSR count). The highest BCUT2D eigenvalue weighted by atomic mass is 14.2. The van der Waals surface area contributed by atoms with Crippen molar-refractivity contribution >= 4 is 0 Å². The summed E-state index contributed by atoms with van der Waals surface area (Å²) in [7, 11) is 0. The first-order valence-corrected chi connectivity index (χ1v) is 4.60. The van der Waals surface area contributed by atoms with Gasteiger partial charge in [-0.1, -0.05) is 39.3 Å². The molecule has 0 N–H and O–H groups in total. The standard InChI is InChI=1S/C11H22/c1-8(2)7-10(5)11(6)9(3)4/h7,9-11H,1-6H3. The van der Waals surface area contributed by atoms with Crippen LogP contribution >= 0.6 is 0 Å². The van der Waals surface area contributed by atoms with E-state index in [2.05, 4.69) is 47.6 Å². The molecule has 66 valence electrons. The van der Waals surface area contributed by atoms with Crippen molar-refractivity contribution in [3.8, 4) is 0 Å². The molecule has 0 fully saturated rings. The van der Waals surface area contributed by atoms with Gasteiger partial charge in [0.15, 0.2) is 0 Å². The van der Waals surface area contributed by atoms with Gasteiger partial charge in [0.25, 0.3) is 0 Å². The number of hydrogen-bond acceptors (Lipinski definition) is 0. The van der Waals surface area contributed by atoms with Crippen molar-refractivity contribution in [3.05, 3.63) is 11.6 Å². The van der Waals surface area contributed by atoms with E-state index < -0.39 is 0 Å². The van der Waals surface area contributed by atoms with Crippen molar-refractivity contribution in [2.24, 2.45) is 17.8 Å². The average molecular weight is 154 g/mol. The molecule has 0 amide bonds. The van der Waals surface area contributed by atoms with Gasteiger partial charge in [-0.25, -0.2) is 0 Å². The van der Waals surface area contributed by atoms with Crippen LogP contribution < -0.4 is 0 Å². The first kappa shape index (κ1) is 10.7. The Morgan fingerprint density at radius 2 is 1.45 bits per heavy atom. The summed E-state index contributed by atoms with van der Waals surface area (Å²) in [4.78, 5) is 0. The summed E-state index contributed by atoms with van der Waals surface area (Å²) >= 11 is 0. The Morgan fingerprint density at radius 3 is 1.73 bits per heavy atom. The molecular weight excluding hydrogens is 132 g/mol. The molecule has 0 saturated heterocycles. The Labute approximate surface area is 71.7 Å². The van der Waals surface area contributed by atoms with E-state index in [0.717, 1.165) is 17.8 Å². The van der Waals surface area contributed by atoms with Crippen LogP contribution in [-0.2, 0) is 0 Å². The molecule has 0 heterocycles. The summed E-state index contributed by atoms with van der Waals surface area (Å²) in [6, 6.07) is 0. The lowest BCUT2D eigenvalue weighted by atomic mass is 9.85. The van der Waals surface area contributed by atoms with Crippen molar-refractivity contribution in [1.82, 2.24) is 0 Å². The van der Waals surface area contributed by atoms with Crippen LogP contribution in [0, 0.1) is 17.8 Å². The quantitative estimate of drug-likeness (QED) is 0.541. The van der Waals surface area contributed by atoms with E-state index in [0.29, 0.717) is 0 Å². The Morgan fingerprint density at radius 1 is 1.00 bits per heavy atom. The van der Waals surface area contributed by atoms with Crippen LogP contribution in [0.15, 0.2) is 11.6 Å². The Hall–Kier alpha value is -0.260. The van der Waals surface area contributed by atoms with E-state index in [1.54, 1.807) is 0 Å². The highest BCUT2D eigenvalue weighted by Crippen LogP contribution is 2.21. The maximum Gasteiger partial charge on any atom is -0.0231 e. The molecule has 0 radical (unpaired) electrons. The van der Waals surface area contributed by atoms with Crippen LogP contribution in [-0.4, -0.2) is 0 Å². The summed E-state index contributed by atoms with van der Waals surface area (Å²) in [5.41, 5.74) is 1.44. The molecule has 2 unspecified atom stereocenters. The fourth-order valence-electron chi connectivity index (χ4n) is 1.28. The average Bonchev–Trinajstić information content (AvgIpc) is 1.84. The predicted octanol–water partition coefficient (Wildman–Crippen LogP) is 3.88. The van der Waals surface area contributed by atoms with Gasteiger partial charge in [0, 0.05) is 0 Å². The zero-order valence-corrected chi connectivity index (χ0v) is 8.81. The normalized spacial score (nSPS) is 16.3. The van der Waals surface area contributed by atoms with Crippen molar-refractivity contribution < 1.29 is 0 Å². The van der Waals surface area contributed by atoms with Gasteiger partial charge < -0.3 is 0 Å². The zero-order chi connectivity index (χ0) is 9.02. The number of hydrogen-bond donors (Lipinski definition) is 0. The third-order valence-electron chi connectivity index (χ3n) is 2.48. The van der Waals surface area contributed by atoms with Gasteiger partial charge in [0.05, 0.1) is 0 Å². The van der Waals surface area contributed by atoms with E-state index in [1.807, 2.05) is 0 Å².